The molecule has 0 aromatic heterocycles. The average Bonchev–Trinajstić information content (AvgIpc) is 1.96. The van der Waals surface area contributed by atoms with Gasteiger partial charge in [0.25, 0.3) is 0 Å². The quantitative estimate of drug-likeness (QED) is 0.624. The van der Waals surface area contributed by atoms with Crippen LogP contribution in [0.15, 0.2) is 5.10 Å². The van der Waals surface area contributed by atoms with Crippen LogP contribution >= 0.6 is 0 Å². The molecule has 70 valence electrons. The zero-order valence-electron chi connectivity index (χ0n) is 8.09. The second-order valence-electron chi connectivity index (χ2n) is 4.41. The molecule has 1 rings (SSSR count). The molecule has 1 unspecified atom stereocenters. The first-order valence-corrected chi connectivity index (χ1v) is 4.45. The van der Waals surface area contributed by atoms with Gasteiger partial charge in [0.05, 0.1) is 12.6 Å². The minimum Gasteiger partial charge on any atom is -0.394 e. The van der Waals surface area contributed by atoms with Gasteiger partial charge in [0.2, 0.25) is 0 Å². The molecular weight excluding hydrogens is 152 g/mol. The fraction of sp³-hybridized carbons (Fsp3) is 0.889. The molecule has 2 N–H and O–H groups in total. The van der Waals surface area contributed by atoms with Gasteiger partial charge in [-0.25, -0.2) is 0 Å². The van der Waals surface area contributed by atoms with Crippen molar-refractivity contribution in [3.05, 3.63) is 0 Å². The number of aliphatic hydroxyl groups excluding tert-OH is 1. The highest BCUT2D eigenvalue weighted by atomic mass is 16.3. The third-order valence-electron chi connectivity index (χ3n) is 2.08. The standard InChI is InChI=1S/C9H18N2O/c1-7(6-12)10-11-8-4-9(2,3)5-8/h7,10,12H,4-6H2,1-3H3. The van der Waals surface area contributed by atoms with Gasteiger partial charge in [-0.1, -0.05) is 13.8 Å². The number of hydrazone groups is 1. The molecule has 0 amide bonds. The van der Waals surface area contributed by atoms with Crippen LogP contribution in [0.25, 0.3) is 0 Å². The van der Waals surface area contributed by atoms with Crippen LogP contribution in [-0.2, 0) is 0 Å². The maximum atomic E-state index is 8.71. The lowest BCUT2D eigenvalue weighted by Crippen LogP contribution is -2.35. The Morgan fingerprint density at radius 3 is 2.58 bits per heavy atom. The van der Waals surface area contributed by atoms with E-state index >= 15 is 0 Å². The molecule has 0 radical (unpaired) electrons. The van der Waals surface area contributed by atoms with E-state index in [0.717, 1.165) is 12.8 Å². The predicted molar refractivity (Wildman–Crippen MR) is 50.1 cm³/mol. The molecule has 1 aliphatic carbocycles. The van der Waals surface area contributed by atoms with E-state index in [-0.39, 0.29) is 12.6 Å². The Balaban J connectivity index is 2.23. The maximum Gasteiger partial charge on any atom is 0.0646 e. The molecule has 1 atom stereocenters. The van der Waals surface area contributed by atoms with Crippen molar-refractivity contribution in [2.75, 3.05) is 6.61 Å². The summed E-state index contributed by atoms with van der Waals surface area (Å²) in [6.45, 7) is 6.52. The van der Waals surface area contributed by atoms with Crippen LogP contribution in [0.2, 0.25) is 0 Å². The smallest absolute Gasteiger partial charge is 0.0646 e. The minimum atomic E-state index is 0.0706. The van der Waals surface area contributed by atoms with E-state index < -0.39 is 0 Å². The van der Waals surface area contributed by atoms with Crippen LogP contribution in [0.1, 0.15) is 33.6 Å². The second-order valence-corrected chi connectivity index (χ2v) is 4.41. The Hall–Kier alpha value is -0.570. The van der Waals surface area contributed by atoms with Crippen molar-refractivity contribution in [1.82, 2.24) is 5.43 Å². The highest BCUT2D eigenvalue weighted by molar-refractivity contribution is 5.91. The summed E-state index contributed by atoms with van der Waals surface area (Å²) in [6, 6.07) is 0.0706. The van der Waals surface area contributed by atoms with E-state index in [1.807, 2.05) is 6.92 Å². The Bertz CT molecular complexity index is 177. The maximum absolute atomic E-state index is 8.71. The van der Waals surface area contributed by atoms with Crippen LogP contribution in [0.5, 0.6) is 0 Å². The van der Waals surface area contributed by atoms with Gasteiger partial charge in [0.1, 0.15) is 0 Å². The van der Waals surface area contributed by atoms with E-state index in [1.54, 1.807) is 0 Å². The van der Waals surface area contributed by atoms with E-state index in [4.69, 9.17) is 5.11 Å². The lowest BCUT2D eigenvalue weighted by Gasteiger charge is -2.35. The third-order valence-corrected chi connectivity index (χ3v) is 2.08. The van der Waals surface area contributed by atoms with E-state index in [0.29, 0.717) is 5.41 Å². The summed E-state index contributed by atoms with van der Waals surface area (Å²) >= 11 is 0. The minimum absolute atomic E-state index is 0.0706. The summed E-state index contributed by atoms with van der Waals surface area (Å²) in [5.74, 6) is 0. The lowest BCUT2D eigenvalue weighted by atomic mass is 9.71. The van der Waals surface area contributed by atoms with Crippen molar-refractivity contribution in [1.29, 1.82) is 0 Å². The monoisotopic (exact) mass is 170 g/mol. The summed E-state index contributed by atoms with van der Waals surface area (Å²) in [4.78, 5) is 0. The van der Waals surface area contributed by atoms with Gasteiger partial charge in [0.15, 0.2) is 0 Å². The van der Waals surface area contributed by atoms with Gasteiger partial charge in [-0.05, 0) is 25.2 Å². The number of hydrogen-bond donors (Lipinski definition) is 2. The number of aliphatic hydroxyl groups is 1. The third kappa shape index (κ3) is 2.48. The van der Waals surface area contributed by atoms with Gasteiger partial charge in [-0.2, -0.15) is 5.10 Å². The predicted octanol–water partition coefficient (Wildman–Crippen LogP) is 1.13. The SMILES string of the molecule is CC(CO)NN=C1CC(C)(C)C1. The van der Waals surface area contributed by atoms with Crippen molar-refractivity contribution >= 4 is 5.71 Å². The Morgan fingerprint density at radius 1 is 1.58 bits per heavy atom. The van der Waals surface area contributed by atoms with E-state index in [9.17, 15) is 0 Å². The molecule has 0 aromatic carbocycles. The first-order chi connectivity index (χ1) is 5.53. The van der Waals surface area contributed by atoms with Crippen LogP contribution < -0.4 is 5.43 Å². The summed E-state index contributed by atoms with van der Waals surface area (Å²) in [5, 5.41) is 12.9. The Labute approximate surface area is 73.9 Å². The molecule has 3 heteroatoms. The van der Waals surface area contributed by atoms with Crippen molar-refractivity contribution < 1.29 is 5.11 Å². The van der Waals surface area contributed by atoms with Crippen LogP contribution in [0.4, 0.5) is 0 Å². The normalized spacial score (nSPS) is 22.8. The van der Waals surface area contributed by atoms with Gasteiger partial charge in [-0.15, -0.1) is 0 Å². The van der Waals surface area contributed by atoms with E-state index in [1.165, 1.54) is 5.71 Å². The number of hydrogen-bond acceptors (Lipinski definition) is 3. The molecule has 3 nitrogen and oxygen atoms in total. The summed E-state index contributed by atoms with van der Waals surface area (Å²) in [6.07, 6.45) is 2.16. The fourth-order valence-corrected chi connectivity index (χ4v) is 1.37. The van der Waals surface area contributed by atoms with Gasteiger partial charge in [-0.3, -0.25) is 0 Å². The molecule has 0 spiro atoms. The fourth-order valence-electron chi connectivity index (χ4n) is 1.37. The molecule has 0 bridgehead atoms. The lowest BCUT2D eigenvalue weighted by molar-refractivity contribution is 0.251. The average molecular weight is 170 g/mol. The zero-order chi connectivity index (χ0) is 9.19. The van der Waals surface area contributed by atoms with Crippen LogP contribution in [0, 0.1) is 5.41 Å². The molecular formula is C9H18N2O. The number of nitrogens with zero attached hydrogens (tertiary/aromatic N) is 1. The van der Waals surface area contributed by atoms with Crippen molar-refractivity contribution in [2.45, 2.75) is 39.7 Å². The first kappa shape index (κ1) is 9.52. The molecule has 0 saturated heterocycles. The van der Waals surface area contributed by atoms with Crippen molar-refractivity contribution in [3.8, 4) is 0 Å². The second kappa shape index (κ2) is 3.44. The van der Waals surface area contributed by atoms with Gasteiger partial charge in [0, 0.05) is 5.71 Å². The zero-order valence-corrected chi connectivity index (χ0v) is 8.09. The Kier molecular flexibility index (Phi) is 2.73. The highest BCUT2D eigenvalue weighted by Gasteiger charge is 2.32. The van der Waals surface area contributed by atoms with Crippen LogP contribution in [0.3, 0.4) is 0 Å². The largest absolute Gasteiger partial charge is 0.394 e. The summed E-state index contributed by atoms with van der Waals surface area (Å²) in [5.41, 5.74) is 4.58. The molecule has 0 aliphatic heterocycles. The van der Waals surface area contributed by atoms with Crippen molar-refractivity contribution in [2.24, 2.45) is 10.5 Å². The number of nitrogens with one attached hydrogen (secondary N) is 1. The first-order valence-electron chi connectivity index (χ1n) is 4.45. The topological polar surface area (TPSA) is 44.6 Å². The molecule has 1 fully saturated rings. The molecule has 12 heavy (non-hydrogen) atoms. The molecule has 0 aromatic rings. The molecule has 1 saturated carbocycles. The van der Waals surface area contributed by atoms with Crippen LogP contribution in [-0.4, -0.2) is 23.5 Å². The molecule has 1 aliphatic rings. The highest BCUT2D eigenvalue weighted by Crippen LogP contribution is 2.37. The summed E-state index contributed by atoms with van der Waals surface area (Å²) < 4.78 is 0. The molecule has 0 heterocycles. The van der Waals surface area contributed by atoms with E-state index in [2.05, 4.69) is 24.4 Å². The summed E-state index contributed by atoms with van der Waals surface area (Å²) in [7, 11) is 0. The van der Waals surface area contributed by atoms with Gasteiger partial charge >= 0.3 is 0 Å². The van der Waals surface area contributed by atoms with Gasteiger partial charge < -0.3 is 10.5 Å². The number of rotatable bonds is 3. The van der Waals surface area contributed by atoms with Crippen molar-refractivity contribution in [3.63, 3.8) is 0 Å². The Morgan fingerprint density at radius 2 is 2.17 bits per heavy atom.